The lowest BCUT2D eigenvalue weighted by Crippen LogP contribution is -2.22. The summed E-state index contributed by atoms with van der Waals surface area (Å²) in [5.74, 6) is 0.468. The molecule has 32 heavy (non-hydrogen) atoms. The summed E-state index contributed by atoms with van der Waals surface area (Å²) in [6.07, 6.45) is 1.61. The molecule has 0 fully saturated rings. The number of carbonyl (C=O) groups excluding carboxylic acids is 1. The standard InChI is InChI=1S/C24H25N5O2S/c1-24(2,3)16-11-9-15(10-12-16)14-32-19-13-25-21(23(30)28-31)27-20(19)22-26-17-7-5-6-8-18(17)29(22)4/h5-13,31H,14H2,1-4H3,(H,28,30). The van der Waals surface area contributed by atoms with Crippen LogP contribution < -0.4 is 5.48 Å². The number of fused-ring (bicyclic) bond motifs is 1. The van der Waals surface area contributed by atoms with E-state index in [0.29, 0.717) is 11.5 Å². The van der Waals surface area contributed by atoms with Gasteiger partial charge < -0.3 is 4.57 Å². The van der Waals surface area contributed by atoms with Crippen molar-refractivity contribution >= 4 is 28.7 Å². The molecule has 0 aliphatic rings. The third-order valence-electron chi connectivity index (χ3n) is 5.27. The number of hydroxylamine groups is 1. The maximum Gasteiger partial charge on any atom is 0.312 e. The molecular formula is C24H25N5O2S. The maximum absolute atomic E-state index is 11.9. The van der Waals surface area contributed by atoms with Crippen molar-refractivity contribution < 1.29 is 10.0 Å². The summed E-state index contributed by atoms with van der Waals surface area (Å²) in [7, 11) is 1.91. The molecule has 0 aliphatic heterocycles. The molecule has 4 aromatic rings. The number of amides is 1. The fourth-order valence-corrected chi connectivity index (χ4v) is 4.33. The second kappa shape index (κ2) is 8.72. The van der Waals surface area contributed by atoms with E-state index in [1.165, 1.54) is 11.1 Å². The van der Waals surface area contributed by atoms with E-state index in [4.69, 9.17) is 10.2 Å². The summed E-state index contributed by atoms with van der Waals surface area (Å²) < 4.78 is 1.94. The maximum atomic E-state index is 11.9. The summed E-state index contributed by atoms with van der Waals surface area (Å²) in [4.78, 5) is 26.0. The van der Waals surface area contributed by atoms with E-state index in [1.807, 2.05) is 35.9 Å². The van der Waals surface area contributed by atoms with Crippen LogP contribution >= 0.6 is 11.8 Å². The van der Waals surface area contributed by atoms with Crippen molar-refractivity contribution in [1.82, 2.24) is 25.0 Å². The Morgan fingerprint density at radius 2 is 1.81 bits per heavy atom. The molecule has 0 saturated carbocycles. The average Bonchev–Trinajstić information content (AvgIpc) is 3.13. The number of aromatic nitrogens is 4. The molecule has 1 amide bonds. The number of benzene rings is 2. The van der Waals surface area contributed by atoms with E-state index in [2.05, 4.69) is 55.0 Å². The zero-order chi connectivity index (χ0) is 22.9. The van der Waals surface area contributed by atoms with E-state index >= 15 is 0 Å². The van der Waals surface area contributed by atoms with Gasteiger partial charge in [0.1, 0.15) is 5.69 Å². The predicted molar refractivity (Wildman–Crippen MR) is 126 cm³/mol. The normalized spacial score (nSPS) is 11.7. The number of rotatable bonds is 5. The van der Waals surface area contributed by atoms with Gasteiger partial charge in [0, 0.05) is 19.0 Å². The molecule has 0 saturated heterocycles. The Morgan fingerprint density at radius 3 is 2.47 bits per heavy atom. The number of para-hydroxylation sites is 2. The molecule has 8 heteroatoms. The highest BCUT2D eigenvalue weighted by Crippen LogP contribution is 2.33. The molecule has 7 nitrogen and oxygen atoms in total. The minimum atomic E-state index is -0.765. The van der Waals surface area contributed by atoms with Crippen molar-refractivity contribution in [3.63, 3.8) is 0 Å². The Balaban J connectivity index is 1.70. The highest BCUT2D eigenvalue weighted by molar-refractivity contribution is 7.98. The summed E-state index contributed by atoms with van der Waals surface area (Å²) in [6.45, 7) is 6.59. The smallest absolute Gasteiger partial charge is 0.312 e. The SMILES string of the molecule is Cn1c(-c2nc(C(=O)NO)ncc2SCc2ccc(C(C)(C)C)cc2)nc2ccccc21. The fourth-order valence-electron chi connectivity index (χ4n) is 3.42. The van der Waals surface area contributed by atoms with Crippen LogP contribution in [0.1, 0.15) is 42.5 Å². The number of imidazole rings is 1. The Hall–Kier alpha value is -3.23. The van der Waals surface area contributed by atoms with Gasteiger partial charge in [0.25, 0.3) is 0 Å². The summed E-state index contributed by atoms with van der Waals surface area (Å²) >= 11 is 1.58. The van der Waals surface area contributed by atoms with Crippen LogP contribution in [0.25, 0.3) is 22.6 Å². The van der Waals surface area contributed by atoms with Crippen molar-refractivity contribution in [2.45, 2.75) is 36.8 Å². The number of nitrogens with zero attached hydrogens (tertiary/aromatic N) is 4. The van der Waals surface area contributed by atoms with Crippen LogP contribution in [0.2, 0.25) is 0 Å². The van der Waals surface area contributed by atoms with Crippen LogP contribution in [0, 0.1) is 0 Å². The van der Waals surface area contributed by atoms with E-state index in [9.17, 15) is 4.79 Å². The van der Waals surface area contributed by atoms with Gasteiger partial charge in [-0.15, -0.1) is 11.8 Å². The Bertz CT molecular complexity index is 1280. The van der Waals surface area contributed by atoms with Gasteiger partial charge >= 0.3 is 5.91 Å². The molecule has 2 aromatic carbocycles. The molecule has 0 radical (unpaired) electrons. The molecule has 4 rings (SSSR count). The molecule has 2 aromatic heterocycles. The first-order valence-electron chi connectivity index (χ1n) is 10.2. The van der Waals surface area contributed by atoms with Gasteiger partial charge in [-0.25, -0.2) is 20.4 Å². The minimum Gasteiger partial charge on any atom is -0.326 e. The summed E-state index contributed by atoms with van der Waals surface area (Å²) in [5, 5.41) is 9.01. The van der Waals surface area contributed by atoms with Crippen molar-refractivity contribution in [1.29, 1.82) is 0 Å². The van der Waals surface area contributed by atoms with Gasteiger partial charge in [0.05, 0.1) is 15.9 Å². The molecule has 2 heterocycles. The molecule has 0 spiro atoms. The number of aryl methyl sites for hydroxylation is 1. The van der Waals surface area contributed by atoms with Crippen molar-refractivity contribution in [2.24, 2.45) is 7.05 Å². The van der Waals surface area contributed by atoms with Crippen LogP contribution in [-0.2, 0) is 18.2 Å². The first-order chi connectivity index (χ1) is 15.3. The number of thioether (sulfide) groups is 1. The lowest BCUT2D eigenvalue weighted by atomic mass is 9.87. The van der Waals surface area contributed by atoms with E-state index in [-0.39, 0.29) is 11.2 Å². The topological polar surface area (TPSA) is 92.9 Å². The molecule has 0 bridgehead atoms. The second-order valence-electron chi connectivity index (χ2n) is 8.57. The molecular weight excluding hydrogens is 422 g/mol. The van der Waals surface area contributed by atoms with Crippen LogP contribution in [0.15, 0.2) is 59.6 Å². The first kappa shape index (κ1) is 22.0. The predicted octanol–water partition coefficient (Wildman–Crippen LogP) is 4.74. The molecule has 0 unspecified atom stereocenters. The monoisotopic (exact) mass is 447 g/mol. The lowest BCUT2D eigenvalue weighted by Gasteiger charge is -2.19. The number of hydrogen-bond donors (Lipinski definition) is 2. The van der Waals surface area contributed by atoms with E-state index in [1.54, 1.807) is 23.4 Å². The Morgan fingerprint density at radius 1 is 1.09 bits per heavy atom. The zero-order valence-corrected chi connectivity index (χ0v) is 19.3. The van der Waals surface area contributed by atoms with Crippen LogP contribution in [0.5, 0.6) is 0 Å². The minimum absolute atomic E-state index is 0.107. The van der Waals surface area contributed by atoms with Gasteiger partial charge in [0.15, 0.2) is 5.82 Å². The molecule has 0 aliphatic carbocycles. The van der Waals surface area contributed by atoms with Crippen LogP contribution in [0.4, 0.5) is 0 Å². The largest absolute Gasteiger partial charge is 0.326 e. The van der Waals surface area contributed by atoms with Gasteiger partial charge in [-0.3, -0.25) is 10.0 Å². The third kappa shape index (κ3) is 4.37. The van der Waals surface area contributed by atoms with Crippen LogP contribution in [-0.4, -0.2) is 30.6 Å². The van der Waals surface area contributed by atoms with Gasteiger partial charge in [0.2, 0.25) is 5.82 Å². The Labute approximate surface area is 190 Å². The fraction of sp³-hybridized carbons (Fsp3) is 0.250. The van der Waals surface area contributed by atoms with Gasteiger partial charge in [-0.2, -0.15) is 0 Å². The second-order valence-corrected chi connectivity index (χ2v) is 9.58. The quantitative estimate of drug-likeness (QED) is 0.261. The number of hydrogen-bond acceptors (Lipinski definition) is 6. The van der Waals surface area contributed by atoms with E-state index < -0.39 is 5.91 Å². The van der Waals surface area contributed by atoms with Gasteiger partial charge in [-0.1, -0.05) is 57.2 Å². The van der Waals surface area contributed by atoms with Gasteiger partial charge in [-0.05, 0) is 28.7 Å². The average molecular weight is 448 g/mol. The first-order valence-corrected chi connectivity index (χ1v) is 11.2. The molecule has 2 N–H and O–H groups in total. The Kier molecular flexibility index (Phi) is 5.99. The molecule has 0 atom stereocenters. The molecule has 164 valence electrons. The summed E-state index contributed by atoms with van der Waals surface area (Å²) in [6, 6.07) is 16.4. The lowest BCUT2D eigenvalue weighted by molar-refractivity contribution is 0.0694. The summed E-state index contributed by atoms with van der Waals surface area (Å²) in [5.41, 5.74) is 6.52. The number of nitrogens with one attached hydrogen (secondary N) is 1. The van der Waals surface area contributed by atoms with Crippen LogP contribution in [0.3, 0.4) is 0 Å². The number of carbonyl (C=O) groups is 1. The van der Waals surface area contributed by atoms with Crippen molar-refractivity contribution in [3.05, 3.63) is 71.7 Å². The van der Waals surface area contributed by atoms with Crippen molar-refractivity contribution in [3.8, 4) is 11.5 Å². The zero-order valence-electron chi connectivity index (χ0n) is 18.5. The van der Waals surface area contributed by atoms with E-state index in [0.717, 1.165) is 21.7 Å². The highest BCUT2D eigenvalue weighted by Gasteiger charge is 2.20. The third-order valence-corrected chi connectivity index (χ3v) is 6.36. The van der Waals surface area contributed by atoms with Crippen molar-refractivity contribution in [2.75, 3.05) is 0 Å². The highest BCUT2D eigenvalue weighted by atomic mass is 32.2.